The molecule has 0 spiro atoms. The van der Waals surface area contributed by atoms with Crippen molar-refractivity contribution in [1.82, 2.24) is 5.32 Å². The molecule has 1 nitrogen and oxygen atoms in total. The van der Waals surface area contributed by atoms with Gasteiger partial charge >= 0.3 is 0 Å². The van der Waals surface area contributed by atoms with Crippen molar-refractivity contribution in [3.63, 3.8) is 0 Å². The molecule has 0 radical (unpaired) electrons. The highest BCUT2D eigenvalue weighted by Gasteiger charge is 2.65. The highest BCUT2D eigenvalue weighted by Crippen LogP contribution is 2.63. The summed E-state index contributed by atoms with van der Waals surface area (Å²) >= 11 is 0. The number of rotatable bonds is 4. The molecule has 104 valence electrons. The zero-order valence-electron chi connectivity index (χ0n) is 12.3. The Bertz CT molecular complexity index is 457. The van der Waals surface area contributed by atoms with E-state index in [1.54, 1.807) is 12.1 Å². The smallest absolute Gasteiger partial charge is 0.123 e. The predicted molar refractivity (Wildman–Crippen MR) is 76.4 cm³/mol. The standard InChI is InChI=1S/C17H24FN/c1-16(2)15(17(16,3)4)19-14(11-5-6-11)12-7-9-13(18)10-8-12/h7-11,14-15,19H,5-6H2,1-4H3. The third kappa shape index (κ3) is 2.10. The van der Waals surface area contributed by atoms with Gasteiger partial charge in [-0.15, -0.1) is 0 Å². The van der Waals surface area contributed by atoms with Crippen LogP contribution in [0.15, 0.2) is 24.3 Å². The molecule has 2 aliphatic carbocycles. The van der Waals surface area contributed by atoms with Crippen LogP contribution in [0.5, 0.6) is 0 Å². The Balaban J connectivity index is 1.78. The maximum absolute atomic E-state index is 13.1. The summed E-state index contributed by atoms with van der Waals surface area (Å²) in [4.78, 5) is 0. The summed E-state index contributed by atoms with van der Waals surface area (Å²) in [5.74, 6) is 0.586. The van der Waals surface area contributed by atoms with Gasteiger partial charge in [0.2, 0.25) is 0 Å². The van der Waals surface area contributed by atoms with Gasteiger partial charge in [0.15, 0.2) is 0 Å². The van der Waals surface area contributed by atoms with E-state index in [1.807, 2.05) is 12.1 Å². The monoisotopic (exact) mass is 261 g/mol. The van der Waals surface area contributed by atoms with E-state index in [0.29, 0.717) is 22.9 Å². The highest BCUT2D eigenvalue weighted by atomic mass is 19.1. The Morgan fingerprint density at radius 2 is 1.58 bits per heavy atom. The van der Waals surface area contributed by atoms with Crippen LogP contribution in [0.2, 0.25) is 0 Å². The molecule has 19 heavy (non-hydrogen) atoms. The minimum absolute atomic E-state index is 0.148. The van der Waals surface area contributed by atoms with E-state index in [4.69, 9.17) is 0 Å². The molecule has 0 saturated heterocycles. The second-order valence-corrected chi connectivity index (χ2v) is 7.41. The van der Waals surface area contributed by atoms with Gasteiger partial charge in [0.25, 0.3) is 0 Å². The summed E-state index contributed by atoms with van der Waals surface area (Å²) < 4.78 is 13.1. The maximum Gasteiger partial charge on any atom is 0.123 e. The summed E-state index contributed by atoms with van der Waals surface area (Å²) in [6.45, 7) is 9.33. The molecule has 2 saturated carbocycles. The van der Waals surface area contributed by atoms with Crippen molar-refractivity contribution in [2.75, 3.05) is 0 Å². The number of hydrogen-bond donors (Lipinski definition) is 1. The van der Waals surface area contributed by atoms with E-state index in [1.165, 1.54) is 18.4 Å². The topological polar surface area (TPSA) is 12.0 Å². The van der Waals surface area contributed by atoms with E-state index in [-0.39, 0.29) is 5.82 Å². The number of hydrogen-bond acceptors (Lipinski definition) is 1. The van der Waals surface area contributed by atoms with Crippen LogP contribution in [0.25, 0.3) is 0 Å². The van der Waals surface area contributed by atoms with Gasteiger partial charge in [-0.1, -0.05) is 39.8 Å². The SMILES string of the molecule is CC1(C)C(NC(c2ccc(F)cc2)C2CC2)C1(C)C. The van der Waals surface area contributed by atoms with Gasteiger partial charge in [-0.2, -0.15) is 0 Å². The highest BCUT2D eigenvalue weighted by molar-refractivity contribution is 5.25. The normalized spacial score (nSPS) is 26.2. The van der Waals surface area contributed by atoms with Crippen molar-refractivity contribution in [2.24, 2.45) is 16.7 Å². The number of halogens is 1. The van der Waals surface area contributed by atoms with Crippen LogP contribution in [0.4, 0.5) is 4.39 Å². The van der Waals surface area contributed by atoms with Crippen LogP contribution in [-0.4, -0.2) is 6.04 Å². The third-order valence-corrected chi connectivity index (χ3v) is 5.69. The van der Waals surface area contributed by atoms with E-state index in [2.05, 4.69) is 33.0 Å². The summed E-state index contributed by atoms with van der Waals surface area (Å²) in [7, 11) is 0. The average molecular weight is 261 g/mol. The lowest BCUT2D eigenvalue weighted by atomic mass is 10.0. The Kier molecular flexibility index (Phi) is 2.79. The summed E-state index contributed by atoms with van der Waals surface area (Å²) in [5.41, 5.74) is 1.93. The van der Waals surface area contributed by atoms with Gasteiger partial charge in [0.1, 0.15) is 5.82 Å². The van der Waals surface area contributed by atoms with Crippen LogP contribution in [0, 0.1) is 22.6 Å². The molecule has 0 aliphatic heterocycles. The van der Waals surface area contributed by atoms with Crippen molar-refractivity contribution in [2.45, 2.75) is 52.6 Å². The molecule has 0 heterocycles. The van der Waals surface area contributed by atoms with Crippen molar-refractivity contribution in [1.29, 1.82) is 0 Å². The molecule has 1 N–H and O–H groups in total. The first-order valence-corrected chi connectivity index (χ1v) is 7.35. The molecule has 1 unspecified atom stereocenters. The van der Waals surface area contributed by atoms with Crippen LogP contribution in [0.3, 0.4) is 0 Å². The molecule has 2 fully saturated rings. The van der Waals surface area contributed by atoms with Gasteiger partial charge in [0, 0.05) is 12.1 Å². The average Bonchev–Trinajstić information content (AvgIpc) is 3.21. The van der Waals surface area contributed by atoms with Gasteiger partial charge < -0.3 is 5.32 Å². The molecule has 1 atom stereocenters. The van der Waals surface area contributed by atoms with Crippen molar-refractivity contribution in [3.05, 3.63) is 35.6 Å². The van der Waals surface area contributed by atoms with Crippen LogP contribution >= 0.6 is 0 Å². The molecular weight excluding hydrogens is 237 g/mol. The Morgan fingerprint density at radius 1 is 1.05 bits per heavy atom. The largest absolute Gasteiger partial charge is 0.306 e. The molecule has 2 aliphatic rings. The molecule has 0 aromatic heterocycles. The lowest BCUT2D eigenvalue weighted by Crippen LogP contribution is -2.29. The molecule has 1 aromatic carbocycles. The first kappa shape index (κ1) is 13.1. The minimum Gasteiger partial charge on any atom is -0.306 e. The van der Waals surface area contributed by atoms with Crippen LogP contribution in [0.1, 0.15) is 52.1 Å². The van der Waals surface area contributed by atoms with Crippen molar-refractivity contribution >= 4 is 0 Å². The van der Waals surface area contributed by atoms with E-state index < -0.39 is 0 Å². The second-order valence-electron chi connectivity index (χ2n) is 7.41. The second kappa shape index (κ2) is 4.05. The molecule has 2 heteroatoms. The Hall–Kier alpha value is -0.890. The van der Waals surface area contributed by atoms with Crippen LogP contribution in [-0.2, 0) is 0 Å². The summed E-state index contributed by atoms with van der Waals surface area (Å²) in [6.07, 6.45) is 2.59. The van der Waals surface area contributed by atoms with Crippen molar-refractivity contribution in [3.8, 4) is 0 Å². The first-order chi connectivity index (χ1) is 8.84. The lowest BCUT2D eigenvalue weighted by Gasteiger charge is -2.20. The van der Waals surface area contributed by atoms with Gasteiger partial charge in [-0.25, -0.2) is 4.39 Å². The third-order valence-electron chi connectivity index (χ3n) is 5.69. The Labute approximate surface area is 115 Å². The fourth-order valence-electron chi connectivity index (χ4n) is 3.40. The quantitative estimate of drug-likeness (QED) is 0.852. The zero-order chi connectivity index (χ0) is 13.8. The molecule has 1 aromatic rings. The first-order valence-electron chi connectivity index (χ1n) is 7.35. The zero-order valence-corrected chi connectivity index (χ0v) is 12.3. The fourth-order valence-corrected chi connectivity index (χ4v) is 3.40. The molecule has 0 bridgehead atoms. The lowest BCUT2D eigenvalue weighted by molar-refractivity contribution is 0.433. The van der Waals surface area contributed by atoms with Crippen molar-refractivity contribution < 1.29 is 4.39 Å². The fraction of sp³-hybridized carbons (Fsp3) is 0.647. The predicted octanol–water partition coefficient (Wildman–Crippen LogP) is 4.30. The molecule has 0 amide bonds. The number of nitrogens with one attached hydrogen (secondary N) is 1. The van der Waals surface area contributed by atoms with Gasteiger partial charge in [-0.3, -0.25) is 0 Å². The van der Waals surface area contributed by atoms with E-state index >= 15 is 0 Å². The van der Waals surface area contributed by atoms with Gasteiger partial charge in [-0.05, 0) is 47.3 Å². The minimum atomic E-state index is -0.148. The Morgan fingerprint density at radius 3 is 2.00 bits per heavy atom. The van der Waals surface area contributed by atoms with Gasteiger partial charge in [0.05, 0.1) is 0 Å². The molecular formula is C17H24FN. The number of benzene rings is 1. The molecule has 3 rings (SSSR count). The summed E-state index contributed by atoms with van der Waals surface area (Å²) in [6, 6.07) is 7.98. The summed E-state index contributed by atoms with van der Waals surface area (Å²) in [5, 5.41) is 3.85. The van der Waals surface area contributed by atoms with Crippen LogP contribution < -0.4 is 5.32 Å². The van der Waals surface area contributed by atoms with E-state index in [9.17, 15) is 4.39 Å². The maximum atomic E-state index is 13.1. The van der Waals surface area contributed by atoms with E-state index in [0.717, 1.165) is 5.92 Å².